The van der Waals surface area contributed by atoms with Gasteiger partial charge >= 0.3 is 0 Å². The van der Waals surface area contributed by atoms with E-state index in [0.29, 0.717) is 0 Å². The van der Waals surface area contributed by atoms with Crippen molar-refractivity contribution in [1.82, 2.24) is 9.97 Å². The van der Waals surface area contributed by atoms with Crippen LogP contribution in [0.3, 0.4) is 0 Å². The number of nitrogens with zero attached hydrogens (tertiary/aromatic N) is 3. The number of halogens is 1. The Bertz CT molecular complexity index is 538. The highest BCUT2D eigenvalue weighted by atomic mass is 35.5. The zero-order valence-electron chi connectivity index (χ0n) is 10.2. The van der Waals surface area contributed by atoms with Gasteiger partial charge in [-0.25, -0.2) is 9.97 Å². The van der Waals surface area contributed by atoms with E-state index in [4.69, 9.17) is 11.6 Å². The van der Waals surface area contributed by atoms with Gasteiger partial charge in [0, 0.05) is 6.21 Å². The molecule has 1 aromatic heterocycles. The first-order valence-corrected chi connectivity index (χ1v) is 6.19. The minimum Gasteiger partial charge on any atom is -0.258 e. The van der Waals surface area contributed by atoms with Crippen LogP contribution in [-0.2, 0) is 6.42 Å². The lowest BCUT2D eigenvalue weighted by Crippen LogP contribution is -1.88. The topological polar surface area (TPSA) is 38.1 Å². The van der Waals surface area contributed by atoms with Crippen molar-refractivity contribution in [2.24, 2.45) is 4.99 Å². The molecule has 0 aliphatic carbocycles. The van der Waals surface area contributed by atoms with Crippen molar-refractivity contribution >= 4 is 23.5 Å². The Morgan fingerprint density at radius 1 is 1.28 bits per heavy atom. The van der Waals surface area contributed by atoms with Gasteiger partial charge in [0.15, 0.2) is 0 Å². The summed E-state index contributed by atoms with van der Waals surface area (Å²) in [7, 11) is 0. The third kappa shape index (κ3) is 3.64. The van der Waals surface area contributed by atoms with Crippen molar-refractivity contribution in [3.8, 4) is 0 Å². The van der Waals surface area contributed by atoms with Crippen molar-refractivity contribution in [1.29, 1.82) is 0 Å². The lowest BCUT2D eigenvalue weighted by molar-refractivity contribution is 1.05. The molecule has 0 fully saturated rings. The van der Waals surface area contributed by atoms with Crippen LogP contribution in [-0.4, -0.2) is 16.2 Å². The predicted octanol–water partition coefficient (Wildman–Crippen LogP) is 3.77. The first kappa shape index (κ1) is 12.7. The molecule has 2 aromatic rings. The average molecular weight is 260 g/mol. The first-order valence-electron chi connectivity index (χ1n) is 5.81. The monoisotopic (exact) mass is 259 g/mol. The van der Waals surface area contributed by atoms with Gasteiger partial charge in [0.25, 0.3) is 0 Å². The molecule has 1 aromatic carbocycles. The van der Waals surface area contributed by atoms with E-state index in [1.165, 1.54) is 5.56 Å². The smallest absolute Gasteiger partial charge is 0.222 e. The van der Waals surface area contributed by atoms with Gasteiger partial charge in [-0.1, -0.05) is 30.3 Å². The van der Waals surface area contributed by atoms with E-state index in [-0.39, 0.29) is 5.28 Å². The minimum absolute atomic E-state index is 0.260. The molecule has 0 saturated heterocycles. The van der Waals surface area contributed by atoms with Crippen LogP contribution in [0.25, 0.3) is 0 Å². The summed E-state index contributed by atoms with van der Waals surface area (Å²) in [6.45, 7) is 1.87. The molecule has 0 saturated carbocycles. The summed E-state index contributed by atoms with van der Waals surface area (Å²) in [5.74, 6) is 0. The molecule has 1 heterocycles. The minimum atomic E-state index is 0.260. The number of hydrogen-bond acceptors (Lipinski definition) is 3. The molecular formula is C14H14ClN3. The van der Waals surface area contributed by atoms with E-state index < -0.39 is 0 Å². The van der Waals surface area contributed by atoms with Gasteiger partial charge < -0.3 is 0 Å². The van der Waals surface area contributed by atoms with Crippen LogP contribution in [0.1, 0.15) is 17.7 Å². The lowest BCUT2D eigenvalue weighted by atomic mass is 10.1. The fraction of sp³-hybridized carbons (Fsp3) is 0.214. The second kappa shape index (κ2) is 6.26. The second-order valence-corrected chi connectivity index (χ2v) is 4.28. The van der Waals surface area contributed by atoms with Crippen LogP contribution in [0.2, 0.25) is 5.28 Å². The molecule has 0 unspecified atom stereocenters. The summed E-state index contributed by atoms with van der Waals surface area (Å²) in [6, 6.07) is 10.3. The number of benzene rings is 1. The van der Waals surface area contributed by atoms with E-state index in [1.807, 2.05) is 31.3 Å². The Morgan fingerprint density at radius 3 is 2.78 bits per heavy atom. The molecule has 0 N–H and O–H groups in total. The maximum absolute atomic E-state index is 5.68. The largest absolute Gasteiger partial charge is 0.258 e. The predicted molar refractivity (Wildman–Crippen MR) is 74.7 cm³/mol. The molecule has 0 atom stereocenters. The molecule has 18 heavy (non-hydrogen) atoms. The summed E-state index contributed by atoms with van der Waals surface area (Å²) in [6.07, 6.45) is 5.42. The number of rotatable bonds is 4. The summed E-state index contributed by atoms with van der Waals surface area (Å²) >= 11 is 5.68. The normalized spacial score (nSPS) is 11.0. The summed E-state index contributed by atoms with van der Waals surface area (Å²) in [5.41, 5.74) is 2.88. The van der Waals surface area contributed by atoms with Crippen LogP contribution in [0.4, 0.5) is 5.69 Å². The first-order chi connectivity index (χ1) is 8.75. The average Bonchev–Trinajstić information content (AvgIpc) is 2.38. The fourth-order valence-electron chi connectivity index (χ4n) is 1.60. The molecule has 4 heteroatoms. The van der Waals surface area contributed by atoms with Gasteiger partial charge in [-0.3, -0.25) is 4.99 Å². The highest BCUT2D eigenvalue weighted by Gasteiger charge is 1.98. The molecular weight excluding hydrogens is 246 g/mol. The second-order valence-electron chi connectivity index (χ2n) is 3.95. The third-order valence-electron chi connectivity index (χ3n) is 2.56. The van der Waals surface area contributed by atoms with Crippen LogP contribution in [0.15, 0.2) is 41.5 Å². The van der Waals surface area contributed by atoms with E-state index in [1.54, 1.807) is 6.20 Å². The van der Waals surface area contributed by atoms with Crippen molar-refractivity contribution < 1.29 is 0 Å². The maximum Gasteiger partial charge on any atom is 0.222 e. The number of aromatic nitrogens is 2. The Balaban J connectivity index is 1.92. The fourth-order valence-corrected chi connectivity index (χ4v) is 1.77. The summed E-state index contributed by atoms with van der Waals surface area (Å²) in [4.78, 5) is 12.3. The maximum atomic E-state index is 5.68. The highest BCUT2D eigenvalue weighted by molar-refractivity contribution is 6.28. The molecule has 0 amide bonds. The molecule has 0 bridgehead atoms. The number of hydrogen-bond donors (Lipinski definition) is 0. The standard InChI is InChI=1S/C14H14ClN3/c1-11-13(10-17-14(15)18-11)16-9-5-8-12-6-3-2-4-7-12/h2-4,6-7,9-10H,5,8H2,1H3. The Hall–Kier alpha value is -1.74. The van der Waals surface area contributed by atoms with Gasteiger partial charge in [0.2, 0.25) is 5.28 Å². The third-order valence-corrected chi connectivity index (χ3v) is 2.74. The molecule has 0 spiro atoms. The number of aryl methyl sites for hydroxylation is 2. The zero-order valence-corrected chi connectivity index (χ0v) is 10.9. The van der Waals surface area contributed by atoms with Crippen molar-refractivity contribution in [3.63, 3.8) is 0 Å². The van der Waals surface area contributed by atoms with Gasteiger partial charge in [-0.05, 0) is 36.9 Å². The van der Waals surface area contributed by atoms with Crippen molar-refractivity contribution in [3.05, 3.63) is 53.1 Å². The van der Waals surface area contributed by atoms with Crippen LogP contribution in [0, 0.1) is 6.92 Å². The molecule has 0 aliphatic rings. The van der Waals surface area contributed by atoms with Crippen molar-refractivity contribution in [2.45, 2.75) is 19.8 Å². The lowest BCUT2D eigenvalue weighted by Gasteiger charge is -1.99. The molecule has 3 nitrogen and oxygen atoms in total. The molecule has 92 valence electrons. The SMILES string of the molecule is Cc1nc(Cl)ncc1N=CCCc1ccccc1. The Kier molecular flexibility index (Phi) is 4.42. The number of aliphatic imine (C=N–C) groups is 1. The van der Waals surface area contributed by atoms with Crippen LogP contribution in [0.5, 0.6) is 0 Å². The quantitative estimate of drug-likeness (QED) is 0.619. The van der Waals surface area contributed by atoms with Crippen molar-refractivity contribution in [2.75, 3.05) is 0 Å². The summed E-state index contributed by atoms with van der Waals surface area (Å²) < 4.78 is 0. The van der Waals surface area contributed by atoms with Gasteiger partial charge in [-0.2, -0.15) is 0 Å². The van der Waals surface area contributed by atoms with E-state index >= 15 is 0 Å². The Morgan fingerprint density at radius 2 is 2.06 bits per heavy atom. The molecule has 0 aliphatic heterocycles. The van der Waals surface area contributed by atoms with E-state index in [9.17, 15) is 0 Å². The zero-order chi connectivity index (χ0) is 12.8. The van der Waals surface area contributed by atoms with Gasteiger partial charge in [-0.15, -0.1) is 0 Å². The van der Waals surface area contributed by atoms with Crippen LogP contribution >= 0.6 is 11.6 Å². The molecule has 2 rings (SSSR count). The van der Waals surface area contributed by atoms with Crippen LogP contribution < -0.4 is 0 Å². The molecule has 0 radical (unpaired) electrons. The van der Waals surface area contributed by atoms with Gasteiger partial charge in [0.05, 0.1) is 11.9 Å². The highest BCUT2D eigenvalue weighted by Crippen LogP contribution is 2.15. The summed E-state index contributed by atoms with van der Waals surface area (Å²) in [5, 5.41) is 0.260. The van der Waals surface area contributed by atoms with E-state index in [0.717, 1.165) is 24.2 Å². The van der Waals surface area contributed by atoms with E-state index in [2.05, 4.69) is 27.1 Å². The Labute approximate surface area is 112 Å². The van der Waals surface area contributed by atoms with Gasteiger partial charge in [0.1, 0.15) is 5.69 Å².